The lowest BCUT2D eigenvalue weighted by Crippen LogP contribution is -2.23. The van der Waals surface area contributed by atoms with Crippen molar-refractivity contribution < 1.29 is 0 Å². The molecule has 1 rings (SSSR count). The Balaban J connectivity index is 2.85. The Kier molecular flexibility index (Phi) is 6.30. The Bertz CT molecular complexity index is 427. The molecule has 0 aliphatic rings. The van der Waals surface area contributed by atoms with E-state index in [1.165, 1.54) is 22.3 Å². The van der Waals surface area contributed by atoms with Gasteiger partial charge in [0.25, 0.3) is 0 Å². The lowest BCUT2D eigenvalue weighted by atomic mass is 9.97. The van der Waals surface area contributed by atoms with E-state index in [1.54, 1.807) is 0 Å². The van der Waals surface area contributed by atoms with E-state index in [-0.39, 0.29) is 0 Å². The summed E-state index contributed by atoms with van der Waals surface area (Å²) in [5, 5.41) is 3.55. The summed E-state index contributed by atoms with van der Waals surface area (Å²) in [6.07, 6.45) is 2.36. The molecule has 0 spiro atoms. The first-order valence-electron chi connectivity index (χ1n) is 7.38. The maximum Gasteiger partial charge on any atom is 0.0170 e. The summed E-state index contributed by atoms with van der Waals surface area (Å²) in [7, 11) is 0. The zero-order chi connectivity index (χ0) is 14.4. The van der Waals surface area contributed by atoms with Crippen LogP contribution in [0, 0.1) is 25.7 Å². The fourth-order valence-corrected chi connectivity index (χ4v) is 2.04. The van der Waals surface area contributed by atoms with Crippen LogP contribution in [-0.4, -0.2) is 13.1 Å². The summed E-state index contributed by atoms with van der Waals surface area (Å²) < 4.78 is 0. The molecule has 0 atom stereocenters. The van der Waals surface area contributed by atoms with Crippen molar-refractivity contribution in [3.05, 3.63) is 40.5 Å². The smallest absolute Gasteiger partial charge is 0.0170 e. The fraction of sp³-hybridized carbons (Fsp3) is 0.556. The van der Waals surface area contributed by atoms with E-state index >= 15 is 0 Å². The molecule has 0 saturated carbocycles. The third-order valence-corrected chi connectivity index (χ3v) is 3.40. The van der Waals surface area contributed by atoms with Crippen LogP contribution < -0.4 is 5.32 Å². The van der Waals surface area contributed by atoms with E-state index in [0.717, 1.165) is 13.1 Å². The average Bonchev–Trinajstić information content (AvgIpc) is 2.31. The van der Waals surface area contributed by atoms with Crippen molar-refractivity contribution in [3.63, 3.8) is 0 Å². The predicted molar refractivity (Wildman–Crippen MR) is 86.4 cm³/mol. The molecule has 0 aromatic heterocycles. The Morgan fingerprint density at radius 3 is 2.42 bits per heavy atom. The van der Waals surface area contributed by atoms with E-state index in [4.69, 9.17) is 0 Å². The number of rotatable bonds is 6. The van der Waals surface area contributed by atoms with E-state index in [0.29, 0.717) is 11.8 Å². The van der Waals surface area contributed by atoms with Crippen molar-refractivity contribution >= 4 is 6.08 Å². The fourth-order valence-electron chi connectivity index (χ4n) is 2.04. The van der Waals surface area contributed by atoms with E-state index in [2.05, 4.69) is 71.1 Å². The highest BCUT2D eigenvalue weighted by atomic mass is 14.9. The molecule has 0 aliphatic heterocycles. The van der Waals surface area contributed by atoms with Gasteiger partial charge in [0.15, 0.2) is 0 Å². The topological polar surface area (TPSA) is 12.0 Å². The van der Waals surface area contributed by atoms with Gasteiger partial charge in [0.05, 0.1) is 0 Å². The molecular weight excluding hydrogens is 230 g/mol. The second-order valence-corrected chi connectivity index (χ2v) is 6.26. The quantitative estimate of drug-likeness (QED) is 0.788. The van der Waals surface area contributed by atoms with E-state index in [1.807, 2.05) is 0 Å². The van der Waals surface area contributed by atoms with Gasteiger partial charge < -0.3 is 5.32 Å². The molecule has 106 valence electrons. The summed E-state index contributed by atoms with van der Waals surface area (Å²) in [5.74, 6) is 1.29. The first kappa shape index (κ1) is 16.0. The number of hydrogen-bond donors (Lipinski definition) is 1. The number of aryl methyl sites for hydroxylation is 2. The highest BCUT2D eigenvalue weighted by molar-refractivity contribution is 5.58. The Labute approximate surface area is 119 Å². The summed E-state index contributed by atoms with van der Waals surface area (Å²) in [6.45, 7) is 15.4. The van der Waals surface area contributed by atoms with Crippen LogP contribution >= 0.6 is 0 Å². The minimum absolute atomic E-state index is 0.583. The van der Waals surface area contributed by atoms with Crippen molar-refractivity contribution in [2.75, 3.05) is 13.1 Å². The molecule has 0 heterocycles. The van der Waals surface area contributed by atoms with Crippen molar-refractivity contribution in [2.45, 2.75) is 41.5 Å². The lowest BCUT2D eigenvalue weighted by molar-refractivity contribution is 0.558. The molecule has 0 amide bonds. The second-order valence-electron chi connectivity index (χ2n) is 6.26. The Hall–Kier alpha value is -1.08. The van der Waals surface area contributed by atoms with Crippen molar-refractivity contribution in [1.29, 1.82) is 0 Å². The lowest BCUT2D eigenvalue weighted by Gasteiger charge is -2.15. The summed E-state index contributed by atoms with van der Waals surface area (Å²) in [4.78, 5) is 0. The van der Waals surface area contributed by atoms with Gasteiger partial charge in [-0.2, -0.15) is 0 Å². The third kappa shape index (κ3) is 5.61. The highest BCUT2D eigenvalue weighted by Gasteiger charge is 2.05. The largest absolute Gasteiger partial charge is 0.313 e. The van der Waals surface area contributed by atoms with Crippen LogP contribution in [0.1, 0.15) is 44.4 Å². The van der Waals surface area contributed by atoms with Gasteiger partial charge in [-0.15, -0.1) is 0 Å². The molecular formula is C18H29N. The Morgan fingerprint density at radius 2 is 1.84 bits per heavy atom. The first-order valence-corrected chi connectivity index (χ1v) is 7.38. The van der Waals surface area contributed by atoms with Crippen LogP contribution in [0.15, 0.2) is 23.8 Å². The van der Waals surface area contributed by atoms with Gasteiger partial charge in [-0.1, -0.05) is 63.1 Å². The van der Waals surface area contributed by atoms with Gasteiger partial charge in [0.1, 0.15) is 0 Å². The summed E-state index contributed by atoms with van der Waals surface area (Å²) >= 11 is 0. The van der Waals surface area contributed by atoms with Gasteiger partial charge in [-0.3, -0.25) is 0 Å². The molecule has 1 heteroatoms. The van der Waals surface area contributed by atoms with Gasteiger partial charge in [-0.25, -0.2) is 0 Å². The minimum atomic E-state index is 0.583. The van der Waals surface area contributed by atoms with Crippen LogP contribution in [0.25, 0.3) is 6.08 Å². The normalized spacial score (nSPS) is 12.5. The van der Waals surface area contributed by atoms with Gasteiger partial charge >= 0.3 is 0 Å². The second kappa shape index (κ2) is 7.49. The molecule has 0 unspecified atom stereocenters. The molecule has 19 heavy (non-hydrogen) atoms. The number of hydrogen-bond acceptors (Lipinski definition) is 1. The van der Waals surface area contributed by atoms with Gasteiger partial charge in [0.2, 0.25) is 0 Å². The predicted octanol–water partition coefficient (Wildman–Crippen LogP) is 4.59. The zero-order valence-electron chi connectivity index (χ0n) is 13.4. The number of nitrogens with one attached hydrogen (secondary N) is 1. The maximum atomic E-state index is 3.55. The van der Waals surface area contributed by atoms with E-state index < -0.39 is 0 Å². The molecule has 0 fully saturated rings. The average molecular weight is 259 g/mol. The van der Waals surface area contributed by atoms with Gasteiger partial charge in [-0.05, 0) is 43.4 Å². The molecule has 1 aromatic carbocycles. The van der Waals surface area contributed by atoms with Crippen LogP contribution in [-0.2, 0) is 0 Å². The standard InChI is InChI=1S/C18H29N/c1-13(2)11-19-12-18(14(3)4)10-17-9-15(5)7-8-16(17)6/h7-10,13-14,19H,11-12H2,1-6H3. The van der Waals surface area contributed by atoms with E-state index in [9.17, 15) is 0 Å². The zero-order valence-corrected chi connectivity index (χ0v) is 13.4. The molecule has 0 saturated heterocycles. The van der Waals surface area contributed by atoms with Crippen LogP contribution in [0.4, 0.5) is 0 Å². The molecule has 1 aromatic rings. The molecule has 0 aliphatic carbocycles. The van der Waals surface area contributed by atoms with Crippen molar-refractivity contribution in [1.82, 2.24) is 5.32 Å². The minimum Gasteiger partial charge on any atom is -0.313 e. The Morgan fingerprint density at radius 1 is 1.16 bits per heavy atom. The maximum absolute atomic E-state index is 3.55. The summed E-state index contributed by atoms with van der Waals surface area (Å²) in [5.41, 5.74) is 5.52. The molecule has 0 bridgehead atoms. The first-order chi connectivity index (χ1) is 8.90. The van der Waals surface area contributed by atoms with Crippen molar-refractivity contribution in [3.8, 4) is 0 Å². The van der Waals surface area contributed by atoms with Crippen molar-refractivity contribution in [2.24, 2.45) is 11.8 Å². The monoisotopic (exact) mass is 259 g/mol. The molecule has 1 nitrogen and oxygen atoms in total. The van der Waals surface area contributed by atoms with Crippen LogP contribution in [0.2, 0.25) is 0 Å². The number of benzene rings is 1. The highest BCUT2D eigenvalue weighted by Crippen LogP contribution is 2.18. The SMILES string of the molecule is Cc1ccc(C)c(C=C(CNCC(C)C)C(C)C)c1. The van der Waals surface area contributed by atoms with Crippen LogP contribution in [0.3, 0.4) is 0 Å². The summed E-state index contributed by atoms with van der Waals surface area (Å²) in [6, 6.07) is 6.67. The van der Waals surface area contributed by atoms with Crippen LogP contribution in [0.5, 0.6) is 0 Å². The molecule has 1 N–H and O–H groups in total. The van der Waals surface area contributed by atoms with Gasteiger partial charge in [0, 0.05) is 6.54 Å². The third-order valence-electron chi connectivity index (χ3n) is 3.40. The molecule has 0 radical (unpaired) electrons.